The largest absolute Gasteiger partial charge is 0.454 e. The topological polar surface area (TPSA) is 116 Å². The third kappa shape index (κ3) is 6.10. The second-order valence-corrected chi connectivity index (χ2v) is 10.2. The fourth-order valence-corrected chi connectivity index (χ4v) is 4.85. The van der Waals surface area contributed by atoms with Crippen LogP contribution in [0, 0.1) is 6.92 Å². The monoisotopic (exact) mass is 556 g/mol. The molecule has 0 spiro atoms. The molecule has 4 aromatic rings. The quantitative estimate of drug-likeness (QED) is 0.206. The number of ether oxygens (including phenoxy) is 4. The third-order valence-electron chi connectivity index (χ3n) is 6.88. The lowest BCUT2D eigenvalue weighted by Gasteiger charge is -2.30. The summed E-state index contributed by atoms with van der Waals surface area (Å²) in [5.41, 5.74) is 2.36. The Morgan fingerprint density at radius 3 is 2.39 bits per heavy atom. The number of H-pyrrole nitrogens is 1. The fraction of sp³-hybridized carbons (Fsp3) is 0.281. The zero-order valence-corrected chi connectivity index (χ0v) is 23.4. The van der Waals surface area contributed by atoms with E-state index in [4.69, 9.17) is 18.9 Å². The summed E-state index contributed by atoms with van der Waals surface area (Å²) < 4.78 is 22.6. The molecule has 1 aromatic heterocycles. The Balaban J connectivity index is 1.53. The first-order valence-electron chi connectivity index (χ1n) is 13.5. The molecule has 0 aliphatic carbocycles. The molecule has 0 radical (unpaired) electrons. The Bertz CT molecular complexity index is 1640. The summed E-state index contributed by atoms with van der Waals surface area (Å²) >= 11 is 0. The first-order chi connectivity index (χ1) is 19.7. The Kier molecular flexibility index (Phi) is 8.07. The highest BCUT2D eigenvalue weighted by Crippen LogP contribution is 2.36. The highest BCUT2D eigenvalue weighted by molar-refractivity contribution is 5.96. The Morgan fingerprint density at radius 1 is 0.927 bits per heavy atom. The number of hydrogen-bond donors (Lipinski definition) is 2. The van der Waals surface area contributed by atoms with Gasteiger partial charge in [-0.2, -0.15) is 0 Å². The minimum absolute atomic E-state index is 0.0846. The summed E-state index contributed by atoms with van der Waals surface area (Å²) in [6, 6.07) is 18.3. The first-order valence-corrected chi connectivity index (χ1v) is 13.5. The zero-order chi connectivity index (χ0) is 29.1. The van der Waals surface area contributed by atoms with Crippen molar-refractivity contribution in [3.8, 4) is 17.2 Å². The lowest BCUT2D eigenvalue weighted by Crippen LogP contribution is -2.40. The van der Waals surface area contributed by atoms with Gasteiger partial charge in [0.25, 0.3) is 0 Å². The molecule has 0 bridgehead atoms. The number of benzene rings is 3. The average Bonchev–Trinajstić information content (AvgIpc) is 3.43. The van der Waals surface area contributed by atoms with E-state index in [2.05, 4.69) is 10.3 Å². The number of carbonyl (C=O) groups is 2. The molecule has 212 valence electrons. The molecule has 9 nitrogen and oxygen atoms in total. The molecular formula is C32H32N2O7. The first kappa shape index (κ1) is 27.9. The second-order valence-electron chi connectivity index (χ2n) is 10.2. The van der Waals surface area contributed by atoms with Gasteiger partial charge in [0.1, 0.15) is 6.10 Å². The maximum absolute atomic E-state index is 13.3. The molecule has 1 aliphatic heterocycles. The Hall–Kier alpha value is -4.63. The van der Waals surface area contributed by atoms with Gasteiger partial charge in [-0.1, -0.05) is 44.5 Å². The molecule has 2 unspecified atom stereocenters. The SMILES string of the molecule is CCC(NC(C)C)C(OC(=O)c1ccc(C)cc1)c1ccc(OC(=O)c2ccc3c(c2)OCO3)c2[nH]c(=O)ccc12. The maximum Gasteiger partial charge on any atom is 0.343 e. The van der Waals surface area contributed by atoms with Gasteiger partial charge in [-0.3, -0.25) is 4.79 Å². The molecule has 0 saturated heterocycles. The van der Waals surface area contributed by atoms with Gasteiger partial charge in [-0.05, 0) is 55.8 Å². The van der Waals surface area contributed by atoms with Crippen LogP contribution in [0.2, 0.25) is 0 Å². The van der Waals surface area contributed by atoms with E-state index in [-0.39, 0.29) is 35.7 Å². The van der Waals surface area contributed by atoms with Gasteiger partial charge in [0, 0.05) is 29.1 Å². The van der Waals surface area contributed by atoms with Crippen LogP contribution in [0.3, 0.4) is 0 Å². The molecular weight excluding hydrogens is 524 g/mol. The van der Waals surface area contributed by atoms with Gasteiger partial charge in [0.15, 0.2) is 17.2 Å². The van der Waals surface area contributed by atoms with Crippen molar-refractivity contribution >= 4 is 22.8 Å². The third-order valence-corrected chi connectivity index (χ3v) is 6.88. The number of esters is 2. The summed E-state index contributed by atoms with van der Waals surface area (Å²) in [5, 5.41) is 4.09. The number of nitrogens with one attached hydrogen (secondary N) is 2. The van der Waals surface area contributed by atoms with Gasteiger partial charge < -0.3 is 29.2 Å². The lowest BCUT2D eigenvalue weighted by atomic mass is 9.95. The van der Waals surface area contributed by atoms with E-state index in [1.54, 1.807) is 48.5 Å². The molecule has 9 heteroatoms. The standard InChI is InChI=1S/C32H32N2O7/c1-5-24(33-18(2)3)30(41-31(36)20-8-6-19(4)7-9-20)23-11-14-26(29-22(23)12-15-28(35)34-29)40-32(37)21-10-13-25-27(16-21)39-17-38-25/h6-16,18,24,30,33H,5,17H2,1-4H3,(H,34,35). The van der Waals surface area contributed by atoms with Gasteiger partial charge in [-0.25, -0.2) is 9.59 Å². The van der Waals surface area contributed by atoms with E-state index >= 15 is 0 Å². The summed E-state index contributed by atoms with van der Waals surface area (Å²) in [7, 11) is 0. The molecule has 0 fully saturated rings. The zero-order valence-electron chi connectivity index (χ0n) is 23.4. The minimum Gasteiger partial charge on any atom is -0.454 e. The number of rotatable bonds is 9. The van der Waals surface area contributed by atoms with Gasteiger partial charge in [0.2, 0.25) is 12.4 Å². The second kappa shape index (κ2) is 11.9. The lowest BCUT2D eigenvalue weighted by molar-refractivity contribution is 0.0184. The van der Waals surface area contributed by atoms with Crippen molar-refractivity contribution in [2.24, 2.45) is 0 Å². The van der Waals surface area contributed by atoms with Crippen molar-refractivity contribution < 1.29 is 28.5 Å². The summed E-state index contributed by atoms with van der Waals surface area (Å²) in [4.78, 5) is 41.6. The predicted molar refractivity (Wildman–Crippen MR) is 154 cm³/mol. The van der Waals surface area contributed by atoms with Crippen molar-refractivity contribution in [1.29, 1.82) is 0 Å². The smallest absolute Gasteiger partial charge is 0.343 e. The molecule has 2 N–H and O–H groups in total. The number of aryl methyl sites for hydroxylation is 1. The van der Waals surface area contributed by atoms with Crippen molar-refractivity contribution in [2.75, 3.05) is 6.79 Å². The average molecular weight is 557 g/mol. The van der Waals surface area contributed by atoms with E-state index in [1.165, 1.54) is 6.07 Å². The van der Waals surface area contributed by atoms with Crippen LogP contribution < -0.4 is 25.1 Å². The molecule has 1 aliphatic rings. The van der Waals surface area contributed by atoms with Gasteiger partial charge in [0.05, 0.1) is 16.6 Å². The Labute approximate surface area is 237 Å². The van der Waals surface area contributed by atoms with Crippen LogP contribution in [0.1, 0.15) is 65.1 Å². The van der Waals surface area contributed by atoms with Crippen LogP contribution >= 0.6 is 0 Å². The number of pyridine rings is 1. The van der Waals surface area contributed by atoms with Crippen LogP contribution in [0.15, 0.2) is 71.5 Å². The summed E-state index contributed by atoms with van der Waals surface area (Å²) in [5.74, 6) is 0.0757. The normalized spacial score (nSPS) is 13.7. The van der Waals surface area contributed by atoms with Crippen LogP contribution in [0.4, 0.5) is 0 Å². The minimum atomic E-state index is -0.705. The van der Waals surface area contributed by atoms with Crippen molar-refractivity contribution in [1.82, 2.24) is 10.3 Å². The van der Waals surface area contributed by atoms with E-state index in [1.807, 2.05) is 39.8 Å². The summed E-state index contributed by atoms with van der Waals surface area (Å²) in [6.45, 7) is 8.09. The summed E-state index contributed by atoms with van der Waals surface area (Å²) in [6.07, 6.45) is -0.0429. The Morgan fingerprint density at radius 2 is 1.66 bits per heavy atom. The molecule has 5 rings (SSSR count). The van der Waals surface area contributed by atoms with E-state index in [9.17, 15) is 14.4 Å². The number of hydrogen-bond acceptors (Lipinski definition) is 8. The van der Waals surface area contributed by atoms with Crippen molar-refractivity contribution in [3.63, 3.8) is 0 Å². The predicted octanol–water partition coefficient (Wildman–Crippen LogP) is 5.46. The highest BCUT2D eigenvalue weighted by atomic mass is 16.7. The number of carbonyl (C=O) groups excluding carboxylic acids is 2. The van der Waals surface area contributed by atoms with E-state index in [0.29, 0.717) is 39.9 Å². The van der Waals surface area contributed by atoms with Gasteiger partial charge in [-0.15, -0.1) is 0 Å². The van der Waals surface area contributed by atoms with Crippen LogP contribution in [0.25, 0.3) is 10.9 Å². The van der Waals surface area contributed by atoms with E-state index in [0.717, 1.165) is 5.56 Å². The fourth-order valence-electron chi connectivity index (χ4n) is 4.85. The molecule has 0 saturated carbocycles. The van der Waals surface area contributed by atoms with E-state index < -0.39 is 18.0 Å². The molecule has 41 heavy (non-hydrogen) atoms. The van der Waals surface area contributed by atoms with Crippen LogP contribution in [-0.2, 0) is 4.74 Å². The van der Waals surface area contributed by atoms with Crippen molar-refractivity contribution in [2.45, 2.75) is 52.3 Å². The molecule has 0 amide bonds. The van der Waals surface area contributed by atoms with Crippen LogP contribution in [-0.4, -0.2) is 35.8 Å². The number of fused-ring (bicyclic) bond motifs is 2. The number of aromatic amines is 1. The number of aromatic nitrogens is 1. The van der Waals surface area contributed by atoms with Crippen molar-refractivity contribution in [3.05, 3.63) is 99.3 Å². The van der Waals surface area contributed by atoms with Gasteiger partial charge >= 0.3 is 11.9 Å². The van der Waals surface area contributed by atoms with Crippen LogP contribution in [0.5, 0.6) is 17.2 Å². The highest BCUT2D eigenvalue weighted by Gasteiger charge is 2.30. The maximum atomic E-state index is 13.3. The molecule has 3 aromatic carbocycles. The molecule has 2 atom stereocenters. The molecule has 2 heterocycles.